The molecule has 2 N–H and O–H groups in total. The van der Waals surface area contributed by atoms with Gasteiger partial charge in [-0.05, 0) is 36.2 Å². The molecule has 0 spiro atoms. The van der Waals surface area contributed by atoms with Gasteiger partial charge in [0.2, 0.25) is 0 Å². The number of rotatable bonds is 3. The molecule has 0 heterocycles. The third-order valence-corrected chi connectivity index (χ3v) is 2.62. The molecule has 0 unspecified atom stereocenters. The summed E-state index contributed by atoms with van der Waals surface area (Å²) in [6.07, 6.45) is 0. The van der Waals surface area contributed by atoms with Crippen molar-refractivity contribution in [3.63, 3.8) is 0 Å². The minimum absolute atomic E-state index is 0.0702. The van der Waals surface area contributed by atoms with Crippen LogP contribution in [0.5, 0.6) is 0 Å². The fourth-order valence-corrected chi connectivity index (χ4v) is 1.35. The van der Waals surface area contributed by atoms with Gasteiger partial charge in [0.15, 0.2) is 0 Å². The van der Waals surface area contributed by atoms with Crippen LogP contribution < -0.4 is 5.73 Å². The molecular formula is C10H8ClF6N. The number of aryl methyl sites for hydroxylation is 1. The Bertz CT molecular complexity index is 454. The van der Waals surface area contributed by atoms with E-state index in [4.69, 9.17) is 5.73 Å². The van der Waals surface area contributed by atoms with Gasteiger partial charge in [0, 0.05) is 11.3 Å². The van der Waals surface area contributed by atoms with Gasteiger partial charge in [0.1, 0.15) is 0 Å². The van der Waals surface area contributed by atoms with Crippen LogP contribution >= 0.6 is 11.6 Å². The van der Waals surface area contributed by atoms with Gasteiger partial charge < -0.3 is 5.73 Å². The fraction of sp³-hybridized carbons (Fsp3) is 0.400. The van der Waals surface area contributed by atoms with E-state index in [1.807, 2.05) is 0 Å². The first-order valence-corrected chi connectivity index (χ1v) is 4.98. The largest absolute Gasteiger partial charge is 0.399 e. The van der Waals surface area contributed by atoms with E-state index in [0.717, 1.165) is 6.07 Å². The summed E-state index contributed by atoms with van der Waals surface area (Å²) in [5, 5.41) is -5.37. The Kier molecular flexibility index (Phi) is 3.51. The lowest BCUT2D eigenvalue weighted by Gasteiger charge is -2.29. The van der Waals surface area contributed by atoms with Crippen molar-refractivity contribution in [1.82, 2.24) is 0 Å². The summed E-state index contributed by atoms with van der Waals surface area (Å²) in [6, 6.07) is 2.10. The second-order valence-electron chi connectivity index (χ2n) is 3.72. The van der Waals surface area contributed by atoms with Crippen LogP contribution in [0.3, 0.4) is 0 Å². The van der Waals surface area contributed by atoms with Crippen LogP contribution in [0.4, 0.5) is 32.0 Å². The summed E-state index contributed by atoms with van der Waals surface area (Å²) in [4.78, 5) is 0. The summed E-state index contributed by atoms with van der Waals surface area (Å²) < 4.78 is 77.4. The number of benzene rings is 1. The maximum absolute atomic E-state index is 13.4. The molecule has 0 aliphatic heterocycles. The number of anilines is 1. The van der Waals surface area contributed by atoms with Gasteiger partial charge in [-0.3, -0.25) is 0 Å². The highest BCUT2D eigenvalue weighted by molar-refractivity contribution is 6.22. The molecule has 0 atom stereocenters. The van der Waals surface area contributed by atoms with Gasteiger partial charge in [0.25, 0.3) is 0 Å². The fourth-order valence-electron chi connectivity index (χ4n) is 1.23. The molecule has 0 fully saturated rings. The molecule has 8 heteroatoms. The molecular weight excluding hydrogens is 284 g/mol. The Hall–Kier alpha value is -1.11. The smallest absolute Gasteiger partial charge is 0.390 e. The summed E-state index contributed by atoms with van der Waals surface area (Å²) in [6.45, 7) is 1.28. The monoisotopic (exact) mass is 291 g/mol. The summed E-state index contributed by atoms with van der Waals surface area (Å²) >= 11 is 4.04. The van der Waals surface area contributed by atoms with Crippen molar-refractivity contribution in [3.8, 4) is 0 Å². The molecule has 1 rings (SSSR count). The average molecular weight is 292 g/mol. The number of halogens is 7. The number of nitrogen functional groups attached to an aromatic ring is 1. The van der Waals surface area contributed by atoms with Crippen molar-refractivity contribution in [3.05, 3.63) is 29.3 Å². The molecule has 0 saturated carbocycles. The van der Waals surface area contributed by atoms with E-state index >= 15 is 0 Å². The van der Waals surface area contributed by atoms with E-state index in [1.54, 1.807) is 0 Å². The highest BCUT2D eigenvalue weighted by Gasteiger charge is 2.71. The maximum atomic E-state index is 13.4. The zero-order valence-corrected chi connectivity index (χ0v) is 9.71. The van der Waals surface area contributed by atoms with Crippen LogP contribution in [0.1, 0.15) is 11.1 Å². The Morgan fingerprint density at radius 1 is 1.06 bits per heavy atom. The third-order valence-electron chi connectivity index (χ3n) is 2.38. The van der Waals surface area contributed by atoms with Crippen molar-refractivity contribution in [1.29, 1.82) is 0 Å². The summed E-state index contributed by atoms with van der Waals surface area (Å²) in [5.74, 6) is -10.8. The number of alkyl halides is 7. The second-order valence-corrected chi connectivity index (χ2v) is 4.19. The SMILES string of the molecule is Cc1cc(C(F)(F)C(F)(F)C(F)(F)Cl)ccc1N. The zero-order valence-electron chi connectivity index (χ0n) is 8.96. The lowest BCUT2D eigenvalue weighted by molar-refractivity contribution is -0.286. The molecule has 0 aromatic heterocycles. The molecule has 0 amide bonds. The van der Waals surface area contributed by atoms with Crippen LogP contribution in [0.15, 0.2) is 18.2 Å². The number of hydrogen-bond donors (Lipinski definition) is 1. The van der Waals surface area contributed by atoms with E-state index in [-0.39, 0.29) is 11.3 Å². The predicted octanol–water partition coefficient (Wildman–Crippen LogP) is 4.14. The molecule has 18 heavy (non-hydrogen) atoms. The van der Waals surface area contributed by atoms with E-state index in [1.165, 1.54) is 6.92 Å². The topological polar surface area (TPSA) is 26.0 Å². The highest BCUT2D eigenvalue weighted by atomic mass is 35.5. The maximum Gasteiger partial charge on any atom is 0.390 e. The normalized spacial score (nSPS) is 13.8. The van der Waals surface area contributed by atoms with Crippen LogP contribution in [-0.4, -0.2) is 11.3 Å². The molecule has 1 aromatic carbocycles. The van der Waals surface area contributed by atoms with Crippen molar-refractivity contribution in [2.75, 3.05) is 5.73 Å². The lowest BCUT2D eigenvalue weighted by Crippen LogP contribution is -2.49. The van der Waals surface area contributed by atoms with E-state index in [0.29, 0.717) is 12.1 Å². The molecule has 0 radical (unpaired) electrons. The van der Waals surface area contributed by atoms with Gasteiger partial charge in [-0.1, -0.05) is 6.07 Å². The first-order chi connectivity index (χ1) is 7.91. The Morgan fingerprint density at radius 3 is 1.94 bits per heavy atom. The van der Waals surface area contributed by atoms with Gasteiger partial charge in [-0.25, -0.2) is 0 Å². The predicted molar refractivity (Wildman–Crippen MR) is 55.2 cm³/mol. The van der Waals surface area contributed by atoms with Crippen molar-refractivity contribution in [2.24, 2.45) is 0 Å². The molecule has 0 saturated heterocycles. The molecule has 1 nitrogen and oxygen atoms in total. The third kappa shape index (κ3) is 2.23. The van der Waals surface area contributed by atoms with Gasteiger partial charge in [0.05, 0.1) is 0 Å². The molecule has 0 bridgehead atoms. The number of nitrogens with two attached hydrogens (primary N) is 1. The minimum Gasteiger partial charge on any atom is -0.399 e. The van der Waals surface area contributed by atoms with E-state index in [2.05, 4.69) is 11.6 Å². The lowest BCUT2D eigenvalue weighted by atomic mass is 9.99. The Labute approximate surface area is 104 Å². The quantitative estimate of drug-likeness (QED) is 0.506. The van der Waals surface area contributed by atoms with Crippen molar-refractivity contribution < 1.29 is 26.3 Å². The average Bonchev–Trinajstić information content (AvgIpc) is 2.20. The Morgan fingerprint density at radius 2 is 1.56 bits per heavy atom. The molecule has 1 aromatic rings. The van der Waals surface area contributed by atoms with Gasteiger partial charge in [-0.15, -0.1) is 0 Å². The Balaban J connectivity index is 3.33. The van der Waals surface area contributed by atoms with Crippen LogP contribution in [0.2, 0.25) is 0 Å². The van der Waals surface area contributed by atoms with Crippen LogP contribution in [0, 0.1) is 6.92 Å². The summed E-state index contributed by atoms with van der Waals surface area (Å²) in [7, 11) is 0. The summed E-state index contributed by atoms with van der Waals surface area (Å²) in [5.41, 5.74) is 4.19. The number of hydrogen-bond acceptors (Lipinski definition) is 1. The molecule has 0 aliphatic rings. The van der Waals surface area contributed by atoms with E-state index < -0.39 is 22.8 Å². The first kappa shape index (κ1) is 14.9. The minimum atomic E-state index is -5.72. The standard InChI is InChI=1S/C10H8ClF6N/c1-5-4-6(2-3-7(5)18)8(12,13)9(14,15)10(11,16)17/h2-4H,18H2,1H3. The molecule has 0 aliphatic carbocycles. The van der Waals surface area contributed by atoms with Gasteiger partial charge in [-0.2, -0.15) is 26.3 Å². The molecule has 102 valence electrons. The highest BCUT2D eigenvalue weighted by Crippen LogP contribution is 2.52. The van der Waals surface area contributed by atoms with E-state index in [9.17, 15) is 26.3 Å². The van der Waals surface area contributed by atoms with Crippen LogP contribution in [0.25, 0.3) is 0 Å². The second kappa shape index (κ2) is 4.22. The van der Waals surface area contributed by atoms with Crippen molar-refractivity contribution in [2.45, 2.75) is 24.2 Å². The van der Waals surface area contributed by atoms with Crippen molar-refractivity contribution >= 4 is 17.3 Å². The van der Waals surface area contributed by atoms with Gasteiger partial charge >= 0.3 is 17.2 Å². The zero-order chi connectivity index (χ0) is 14.4. The first-order valence-electron chi connectivity index (χ1n) is 4.60. The van der Waals surface area contributed by atoms with Crippen LogP contribution in [-0.2, 0) is 5.92 Å².